The fourth-order valence-electron chi connectivity index (χ4n) is 2.13. The van der Waals surface area contributed by atoms with Crippen LogP contribution >= 0.6 is 0 Å². The highest BCUT2D eigenvalue weighted by molar-refractivity contribution is 5.68. The molecule has 106 valence electrons. The lowest BCUT2D eigenvalue weighted by atomic mass is 9.99. The molecule has 2 nitrogen and oxygen atoms in total. The molecule has 0 aliphatic carbocycles. The largest absolute Gasteiger partial charge is 0.494 e. The van der Waals surface area contributed by atoms with Gasteiger partial charge in [-0.2, -0.15) is 0 Å². The van der Waals surface area contributed by atoms with Crippen LogP contribution < -0.4 is 10.1 Å². The number of nitrogens with one attached hydrogen (secondary N) is 1. The Morgan fingerprint density at radius 2 is 1.80 bits per heavy atom. The van der Waals surface area contributed by atoms with Gasteiger partial charge in [-0.1, -0.05) is 25.1 Å². The molecule has 0 aromatic heterocycles. The molecular weight excluding hydrogens is 253 g/mol. The summed E-state index contributed by atoms with van der Waals surface area (Å²) >= 11 is 0. The topological polar surface area (TPSA) is 21.3 Å². The molecule has 3 heteroatoms. The Bertz CT molecular complexity index is 551. The van der Waals surface area contributed by atoms with Gasteiger partial charge in [0.1, 0.15) is 11.6 Å². The molecule has 2 aromatic rings. The number of rotatable bonds is 6. The second-order valence-corrected chi connectivity index (χ2v) is 4.54. The summed E-state index contributed by atoms with van der Waals surface area (Å²) in [6, 6.07) is 12.7. The predicted molar refractivity (Wildman–Crippen MR) is 80.4 cm³/mol. The van der Waals surface area contributed by atoms with E-state index in [0.29, 0.717) is 6.61 Å². The van der Waals surface area contributed by atoms with Crippen LogP contribution in [0.1, 0.15) is 19.4 Å². The molecule has 2 rings (SSSR count). The normalized spacial score (nSPS) is 10.6. The number of hydrogen-bond acceptors (Lipinski definition) is 2. The molecule has 0 bridgehead atoms. The van der Waals surface area contributed by atoms with Crippen molar-refractivity contribution in [2.45, 2.75) is 20.4 Å². The first-order chi connectivity index (χ1) is 9.74. The van der Waals surface area contributed by atoms with Gasteiger partial charge in [-0.15, -0.1) is 0 Å². The van der Waals surface area contributed by atoms with Gasteiger partial charge in [0, 0.05) is 6.54 Å². The first-order valence-electron chi connectivity index (χ1n) is 6.97. The molecule has 0 unspecified atom stereocenters. The van der Waals surface area contributed by atoms with Gasteiger partial charge in [-0.25, -0.2) is 4.39 Å². The highest BCUT2D eigenvalue weighted by Crippen LogP contribution is 2.26. The van der Waals surface area contributed by atoms with Crippen LogP contribution in [-0.2, 0) is 6.54 Å². The van der Waals surface area contributed by atoms with Crippen molar-refractivity contribution in [3.05, 3.63) is 53.8 Å². The first-order valence-corrected chi connectivity index (χ1v) is 6.97. The summed E-state index contributed by atoms with van der Waals surface area (Å²) in [7, 11) is 0. The van der Waals surface area contributed by atoms with Crippen molar-refractivity contribution in [1.82, 2.24) is 5.32 Å². The summed E-state index contributed by atoms with van der Waals surface area (Å²) in [6.45, 7) is 6.28. The Labute approximate surface area is 119 Å². The van der Waals surface area contributed by atoms with Crippen molar-refractivity contribution < 1.29 is 9.13 Å². The van der Waals surface area contributed by atoms with Crippen LogP contribution in [0.15, 0.2) is 42.5 Å². The van der Waals surface area contributed by atoms with Crippen molar-refractivity contribution in [3.63, 3.8) is 0 Å². The summed E-state index contributed by atoms with van der Waals surface area (Å²) in [5.41, 5.74) is 3.02. The Hall–Kier alpha value is -1.87. The maximum atomic E-state index is 13.5. The van der Waals surface area contributed by atoms with Crippen LogP contribution in [0.4, 0.5) is 4.39 Å². The van der Waals surface area contributed by atoms with Crippen molar-refractivity contribution in [2.75, 3.05) is 13.2 Å². The van der Waals surface area contributed by atoms with E-state index in [1.807, 2.05) is 37.3 Å². The van der Waals surface area contributed by atoms with Crippen LogP contribution in [0.5, 0.6) is 5.75 Å². The minimum Gasteiger partial charge on any atom is -0.494 e. The quantitative estimate of drug-likeness (QED) is 0.859. The van der Waals surface area contributed by atoms with E-state index >= 15 is 0 Å². The third-order valence-corrected chi connectivity index (χ3v) is 3.11. The lowest BCUT2D eigenvalue weighted by molar-refractivity contribution is 0.340. The lowest BCUT2D eigenvalue weighted by Crippen LogP contribution is -2.12. The maximum absolute atomic E-state index is 13.5. The third kappa shape index (κ3) is 3.58. The maximum Gasteiger partial charge on any atom is 0.123 e. The fourth-order valence-corrected chi connectivity index (χ4v) is 2.13. The molecular formula is C17H20FNO. The third-order valence-electron chi connectivity index (χ3n) is 3.11. The average Bonchev–Trinajstić information content (AvgIpc) is 2.47. The van der Waals surface area contributed by atoms with E-state index in [1.165, 1.54) is 6.07 Å². The monoisotopic (exact) mass is 273 g/mol. The van der Waals surface area contributed by atoms with E-state index in [4.69, 9.17) is 4.74 Å². The minimum absolute atomic E-state index is 0.214. The highest BCUT2D eigenvalue weighted by atomic mass is 19.1. The molecule has 20 heavy (non-hydrogen) atoms. The van der Waals surface area contributed by atoms with E-state index in [-0.39, 0.29) is 5.82 Å². The molecule has 0 fully saturated rings. The molecule has 0 amide bonds. The molecule has 0 saturated carbocycles. The lowest BCUT2D eigenvalue weighted by Gasteiger charge is -2.11. The van der Waals surface area contributed by atoms with Crippen LogP contribution in [0.25, 0.3) is 11.1 Å². The number of ether oxygens (including phenoxy) is 1. The van der Waals surface area contributed by atoms with Gasteiger partial charge >= 0.3 is 0 Å². The van der Waals surface area contributed by atoms with Gasteiger partial charge < -0.3 is 10.1 Å². The zero-order chi connectivity index (χ0) is 14.4. The van der Waals surface area contributed by atoms with Crippen LogP contribution in [0.2, 0.25) is 0 Å². The van der Waals surface area contributed by atoms with Gasteiger partial charge in [0.15, 0.2) is 0 Å². The molecule has 2 aromatic carbocycles. The molecule has 0 aliphatic heterocycles. The second kappa shape index (κ2) is 7.06. The van der Waals surface area contributed by atoms with E-state index in [2.05, 4.69) is 12.2 Å². The summed E-state index contributed by atoms with van der Waals surface area (Å²) in [4.78, 5) is 0. The van der Waals surface area contributed by atoms with E-state index < -0.39 is 0 Å². The first kappa shape index (κ1) is 14.5. The van der Waals surface area contributed by atoms with Gasteiger partial charge in [-0.3, -0.25) is 0 Å². The standard InChI is InChI=1S/C17H20FNO/c1-3-19-12-14-5-8-15(18)11-17(14)13-6-9-16(10-7-13)20-4-2/h5-11,19H,3-4,12H2,1-2H3. The molecule has 0 saturated heterocycles. The van der Waals surface area contributed by atoms with Crippen molar-refractivity contribution in [2.24, 2.45) is 0 Å². The molecule has 0 radical (unpaired) electrons. The second-order valence-electron chi connectivity index (χ2n) is 4.54. The van der Waals surface area contributed by atoms with Crippen molar-refractivity contribution in [1.29, 1.82) is 0 Å². The zero-order valence-corrected chi connectivity index (χ0v) is 11.9. The minimum atomic E-state index is -0.214. The van der Waals surface area contributed by atoms with Crippen LogP contribution in [0.3, 0.4) is 0 Å². The van der Waals surface area contributed by atoms with E-state index in [1.54, 1.807) is 6.07 Å². The summed E-state index contributed by atoms with van der Waals surface area (Å²) in [6.07, 6.45) is 0. The smallest absolute Gasteiger partial charge is 0.123 e. The van der Waals surface area contributed by atoms with Gasteiger partial charge in [0.25, 0.3) is 0 Å². The molecule has 0 heterocycles. The SMILES string of the molecule is CCNCc1ccc(F)cc1-c1ccc(OCC)cc1. The molecule has 0 aliphatic rings. The van der Waals surface area contributed by atoms with Gasteiger partial charge in [-0.05, 0) is 54.4 Å². The Morgan fingerprint density at radius 1 is 1.05 bits per heavy atom. The number of halogens is 1. The van der Waals surface area contributed by atoms with Crippen molar-refractivity contribution >= 4 is 0 Å². The number of hydrogen-bond donors (Lipinski definition) is 1. The Morgan fingerprint density at radius 3 is 2.45 bits per heavy atom. The summed E-state index contributed by atoms with van der Waals surface area (Å²) in [5.74, 6) is 0.620. The number of benzene rings is 2. The van der Waals surface area contributed by atoms with Gasteiger partial charge in [0.05, 0.1) is 6.61 Å². The van der Waals surface area contributed by atoms with Gasteiger partial charge in [0.2, 0.25) is 0 Å². The van der Waals surface area contributed by atoms with Crippen molar-refractivity contribution in [3.8, 4) is 16.9 Å². The zero-order valence-electron chi connectivity index (χ0n) is 11.9. The Kier molecular flexibility index (Phi) is 5.13. The molecule has 0 atom stereocenters. The Balaban J connectivity index is 2.32. The molecule has 1 N–H and O–H groups in total. The summed E-state index contributed by atoms with van der Waals surface area (Å²) < 4.78 is 18.9. The average molecular weight is 273 g/mol. The fraction of sp³-hybridized carbons (Fsp3) is 0.294. The summed E-state index contributed by atoms with van der Waals surface area (Å²) in [5, 5.41) is 3.28. The highest BCUT2D eigenvalue weighted by Gasteiger charge is 2.07. The van der Waals surface area contributed by atoms with Crippen LogP contribution in [-0.4, -0.2) is 13.2 Å². The van der Waals surface area contributed by atoms with E-state index in [0.717, 1.165) is 35.5 Å². The predicted octanol–water partition coefficient (Wildman–Crippen LogP) is 4.00. The van der Waals surface area contributed by atoms with Crippen LogP contribution in [0, 0.1) is 5.82 Å². The molecule has 0 spiro atoms. The van der Waals surface area contributed by atoms with E-state index in [9.17, 15) is 4.39 Å².